The zero-order valence-electron chi connectivity index (χ0n) is 10.4. The summed E-state index contributed by atoms with van der Waals surface area (Å²) in [6, 6.07) is 16.3. The van der Waals surface area contributed by atoms with E-state index >= 15 is 0 Å². The summed E-state index contributed by atoms with van der Waals surface area (Å²) < 4.78 is 7.54. The van der Waals surface area contributed by atoms with Crippen molar-refractivity contribution in [1.29, 1.82) is 0 Å². The van der Waals surface area contributed by atoms with E-state index in [4.69, 9.17) is 10.5 Å². The van der Waals surface area contributed by atoms with E-state index in [-0.39, 0.29) is 0 Å². The lowest BCUT2D eigenvalue weighted by molar-refractivity contribution is 0.414. The maximum Gasteiger partial charge on any atom is 0.118 e. The first kappa shape index (κ1) is 12.4. The Hall–Kier alpha value is -1.65. The summed E-state index contributed by atoms with van der Waals surface area (Å²) in [4.78, 5) is 1.17. The fourth-order valence-corrected chi connectivity index (χ4v) is 4.15. The first-order chi connectivity index (χ1) is 9.28. The number of ether oxygens (including phenoxy) is 1. The van der Waals surface area contributed by atoms with E-state index in [0.29, 0.717) is 0 Å². The minimum atomic E-state index is 0.869. The lowest BCUT2D eigenvalue weighted by atomic mass is 10.2. The fraction of sp³-hybridized carbons (Fsp3) is 0.0667. The molecule has 1 heterocycles. The molecule has 0 saturated heterocycles. The lowest BCUT2D eigenvalue weighted by Gasteiger charge is -2.02. The molecule has 3 rings (SSSR count). The third-order valence-corrected chi connectivity index (χ3v) is 5.26. The van der Waals surface area contributed by atoms with Gasteiger partial charge in [0.25, 0.3) is 0 Å². The van der Waals surface area contributed by atoms with Gasteiger partial charge in [0.05, 0.1) is 17.0 Å². The normalized spacial score (nSPS) is 10.8. The standard InChI is InChI=1S/C15H13NOS2/c1-17-10-6-8-11(9-7-10)18-15-14(16)12-4-2-3-5-13(12)19-15/h2-9H,16H2,1H3. The van der Waals surface area contributed by atoms with Crippen LogP contribution in [-0.2, 0) is 0 Å². The molecule has 2 N–H and O–H groups in total. The Bertz CT molecular complexity index is 704. The lowest BCUT2D eigenvalue weighted by Crippen LogP contribution is -1.84. The Kier molecular flexibility index (Phi) is 3.36. The third kappa shape index (κ3) is 2.41. The van der Waals surface area contributed by atoms with E-state index in [2.05, 4.69) is 12.1 Å². The molecule has 0 bridgehead atoms. The zero-order valence-corrected chi connectivity index (χ0v) is 12.1. The Morgan fingerprint density at radius 3 is 2.47 bits per heavy atom. The smallest absolute Gasteiger partial charge is 0.118 e. The van der Waals surface area contributed by atoms with Gasteiger partial charge in [0.2, 0.25) is 0 Å². The summed E-state index contributed by atoms with van der Waals surface area (Å²) in [7, 11) is 1.67. The van der Waals surface area contributed by atoms with Crippen molar-refractivity contribution in [1.82, 2.24) is 0 Å². The second-order valence-electron chi connectivity index (χ2n) is 4.08. The molecule has 0 radical (unpaired) electrons. The largest absolute Gasteiger partial charge is 0.497 e. The van der Waals surface area contributed by atoms with E-state index in [1.165, 1.54) is 9.60 Å². The fourth-order valence-electron chi connectivity index (χ4n) is 1.87. The predicted octanol–water partition coefficient (Wildman–Crippen LogP) is 4.64. The number of anilines is 1. The summed E-state index contributed by atoms with van der Waals surface area (Å²) >= 11 is 3.43. The van der Waals surface area contributed by atoms with Crippen LogP contribution in [0.5, 0.6) is 5.75 Å². The second-order valence-corrected chi connectivity index (χ2v) is 6.47. The summed E-state index contributed by atoms with van der Waals surface area (Å²) in [5, 5.41) is 1.14. The van der Waals surface area contributed by atoms with Crippen molar-refractivity contribution in [2.45, 2.75) is 9.10 Å². The van der Waals surface area contributed by atoms with Crippen LogP contribution in [0.1, 0.15) is 0 Å². The van der Waals surface area contributed by atoms with Crippen LogP contribution >= 0.6 is 23.1 Å². The number of methoxy groups -OCH3 is 1. The average molecular weight is 287 g/mol. The van der Waals surface area contributed by atoms with Crippen molar-refractivity contribution in [3.8, 4) is 5.75 Å². The average Bonchev–Trinajstić information content (AvgIpc) is 2.77. The molecule has 4 heteroatoms. The van der Waals surface area contributed by atoms with Gasteiger partial charge in [-0.25, -0.2) is 0 Å². The highest BCUT2D eigenvalue weighted by Gasteiger charge is 2.10. The van der Waals surface area contributed by atoms with Crippen molar-refractivity contribution in [2.24, 2.45) is 0 Å². The molecular formula is C15H13NOS2. The van der Waals surface area contributed by atoms with Crippen molar-refractivity contribution in [2.75, 3.05) is 12.8 Å². The van der Waals surface area contributed by atoms with E-state index in [0.717, 1.165) is 21.0 Å². The Labute approximate surface area is 120 Å². The van der Waals surface area contributed by atoms with Crippen molar-refractivity contribution in [3.05, 3.63) is 48.5 Å². The summed E-state index contributed by atoms with van der Waals surface area (Å²) in [6.45, 7) is 0. The second kappa shape index (κ2) is 5.15. The van der Waals surface area contributed by atoms with Crippen LogP contribution in [0.2, 0.25) is 0 Å². The molecule has 2 aromatic carbocycles. The Morgan fingerprint density at radius 2 is 1.79 bits per heavy atom. The first-order valence-corrected chi connectivity index (χ1v) is 7.50. The van der Waals surface area contributed by atoms with Gasteiger partial charge in [0, 0.05) is 15.0 Å². The molecule has 0 aliphatic rings. The molecule has 0 unspecified atom stereocenters. The van der Waals surface area contributed by atoms with Crippen LogP contribution in [0.4, 0.5) is 5.69 Å². The molecule has 0 spiro atoms. The number of thiophene rings is 1. The van der Waals surface area contributed by atoms with Crippen molar-refractivity contribution >= 4 is 38.9 Å². The van der Waals surface area contributed by atoms with Gasteiger partial charge in [-0.2, -0.15) is 0 Å². The van der Waals surface area contributed by atoms with Gasteiger partial charge in [-0.05, 0) is 30.3 Å². The number of hydrogen-bond donors (Lipinski definition) is 1. The van der Waals surface area contributed by atoms with E-state index in [9.17, 15) is 0 Å². The van der Waals surface area contributed by atoms with Crippen LogP contribution in [0, 0.1) is 0 Å². The van der Waals surface area contributed by atoms with Gasteiger partial charge >= 0.3 is 0 Å². The molecule has 0 aliphatic carbocycles. The highest BCUT2D eigenvalue weighted by molar-refractivity contribution is 8.01. The van der Waals surface area contributed by atoms with Gasteiger partial charge in [-0.1, -0.05) is 30.0 Å². The molecule has 96 valence electrons. The topological polar surface area (TPSA) is 35.2 Å². The molecule has 3 aromatic rings. The number of fused-ring (bicyclic) bond motifs is 1. The number of nitrogen functional groups attached to an aromatic ring is 1. The molecule has 0 atom stereocenters. The van der Waals surface area contributed by atoms with Gasteiger partial charge < -0.3 is 10.5 Å². The number of hydrogen-bond acceptors (Lipinski definition) is 4. The quantitative estimate of drug-likeness (QED) is 0.762. The van der Waals surface area contributed by atoms with Crippen LogP contribution in [-0.4, -0.2) is 7.11 Å². The van der Waals surface area contributed by atoms with Gasteiger partial charge in [0.15, 0.2) is 0 Å². The highest BCUT2D eigenvalue weighted by Crippen LogP contribution is 2.43. The number of nitrogens with two attached hydrogens (primary N) is 1. The molecule has 0 aliphatic heterocycles. The highest BCUT2D eigenvalue weighted by atomic mass is 32.2. The van der Waals surface area contributed by atoms with Crippen LogP contribution in [0.3, 0.4) is 0 Å². The molecule has 0 saturated carbocycles. The van der Waals surface area contributed by atoms with Crippen LogP contribution in [0.25, 0.3) is 10.1 Å². The Morgan fingerprint density at radius 1 is 1.05 bits per heavy atom. The molecule has 19 heavy (non-hydrogen) atoms. The molecule has 0 amide bonds. The minimum absolute atomic E-state index is 0.869. The molecule has 1 aromatic heterocycles. The number of benzene rings is 2. The van der Waals surface area contributed by atoms with Gasteiger partial charge in [0.1, 0.15) is 5.75 Å². The Balaban J connectivity index is 1.94. The monoisotopic (exact) mass is 287 g/mol. The maximum absolute atomic E-state index is 6.21. The van der Waals surface area contributed by atoms with Crippen LogP contribution in [0.15, 0.2) is 57.6 Å². The number of rotatable bonds is 3. The summed E-state index contributed by atoms with van der Waals surface area (Å²) in [6.07, 6.45) is 0. The van der Waals surface area contributed by atoms with E-state index in [1.807, 2.05) is 36.4 Å². The first-order valence-electron chi connectivity index (χ1n) is 5.87. The zero-order chi connectivity index (χ0) is 13.2. The third-order valence-electron chi connectivity index (χ3n) is 2.87. The van der Waals surface area contributed by atoms with Gasteiger partial charge in [-0.3, -0.25) is 0 Å². The SMILES string of the molecule is COc1ccc(Sc2sc3ccccc3c2N)cc1. The molecule has 0 fully saturated rings. The van der Waals surface area contributed by atoms with E-state index in [1.54, 1.807) is 30.2 Å². The van der Waals surface area contributed by atoms with Crippen molar-refractivity contribution < 1.29 is 4.74 Å². The predicted molar refractivity (Wildman–Crippen MR) is 83.4 cm³/mol. The molecular weight excluding hydrogens is 274 g/mol. The van der Waals surface area contributed by atoms with Crippen molar-refractivity contribution in [3.63, 3.8) is 0 Å². The minimum Gasteiger partial charge on any atom is -0.497 e. The van der Waals surface area contributed by atoms with E-state index < -0.39 is 0 Å². The maximum atomic E-state index is 6.21. The summed E-state index contributed by atoms with van der Waals surface area (Å²) in [5.74, 6) is 0.869. The van der Waals surface area contributed by atoms with Gasteiger partial charge in [-0.15, -0.1) is 11.3 Å². The molecule has 2 nitrogen and oxygen atoms in total. The summed E-state index contributed by atoms with van der Waals surface area (Å²) in [5.41, 5.74) is 7.08. The van der Waals surface area contributed by atoms with Crippen LogP contribution < -0.4 is 10.5 Å².